The monoisotopic (exact) mass is 306 g/mol. The molecule has 0 nitrogen and oxygen atoms in total. The minimum atomic E-state index is 0.422. The van der Waals surface area contributed by atoms with Crippen molar-refractivity contribution in [1.82, 2.24) is 0 Å². The predicted octanol–water partition coefficient (Wildman–Crippen LogP) is 7.33. The molecular formula is C22H42. The summed E-state index contributed by atoms with van der Waals surface area (Å²) in [6.07, 6.45) is 6.79. The molecule has 0 saturated heterocycles. The van der Waals surface area contributed by atoms with Gasteiger partial charge < -0.3 is 0 Å². The van der Waals surface area contributed by atoms with Crippen LogP contribution in [0.5, 0.6) is 0 Å². The molecule has 2 aliphatic rings. The van der Waals surface area contributed by atoms with Crippen LogP contribution < -0.4 is 0 Å². The summed E-state index contributed by atoms with van der Waals surface area (Å²) in [6, 6.07) is 0. The first-order valence-electron chi connectivity index (χ1n) is 9.94. The van der Waals surface area contributed by atoms with Gasteiger partial charge in [0.25, 0.3) is 0 Å². The van der Waals surface area contributed by atoms with Crippen molar-refractivity contribution < 1.29 is 0 Å². The van der Waals surface area contributed by atoms with Crippen LogP contribution in [-0.2, 0) is 0 Å². The molecule has 22 heavy (non-hydrogen) atoms. The molecule has 4 unspecified atom stereocenters. The molecule has 0 aromatic rings. The minimum absolute atomic E-state index is 0.422. The first-order valence-corrected chi connectivity index (χ1v) is 9.94. The Labute approximate surface area is 140 Å². The Bertz CT molecular complexity index is 425. The highest BCUT2D eigenvalue weighted by Gasteiger charge is 2.80. The summed E-state index contributed by atoms with van der Waals surface area (Å²) in [5.41, 5.74) is 2.27. The number of fused-ring (bicyclic) bond motifs is 1. The molecule has 0 N–H and O–H groups in total. The molecule has 2 fully saturated rings. The molecule has 0 heteroatoms. The van der Waals surface area contributed by atoms with Crippen molar-refractivity contribution in [3.8, 4) is 0 Å². The number of rotatable bonds is 5. The van der Waals surface area contributed by atoms with Crippen LogP contribution in [0.4, 0.5) is 0 Å². The second-order valence-corrected chi connectivity index (χ2v) is 10.2. The van der Waals surface area contributed by atoms with Gasteiger partial charge in [-0.3, -0.25) is 0 Å². The Morgan fingerprint density at radius 2 is 1.45 bits per heavy atom. The third-order valence-corrected chi connectivity index (χ3v) is 10.1. The summed E-state index contributed by atoms with van der Waals surface area (Å²) < 4.78 is 0. The minimum Gasteiger partial charge on any atom is -0.0654 e. The fourth-order valence-electron chi connectivity index (χ4n) is 8.28. The maximum Gasteiger partial charge on any atom is -0.0179 e. The van der Waals surface area contributed by atoms with Crippen molar-refractivity contribution in [1.29, 1.82) is 0 Å². The van der Waals surface area contributed by atoms with Gasteiger partial charge in [0.15, 0.2) is 0 Å². The molecule has 0 radical (unpaired) electrons. The lowest BCUT2D eigenvalue weighted by atomic mass is 9.44. The molecule has 0 aromatic carbocycles. The van der Waals surface area contributed by atoms with Crippen LogP contribution in [0.25, 0.3) is 0 Å². The molecule has 0 amide bonds. The molecule has 2 saturated carbocycles. The van der Waals surface area contributed by atoms with E-state index < -0.39 is 0 Å². The Morgan fingerprint density at radius 1 is 0.955 bits per heavy atom. The SMILES string of the molecule is CCCC(C)(C)C1(C)C2CC(C)C2(C)C(C)(C)C1(CC)CC. The second kappa shape index (κ2) is 5.00. The van der Waals surface area contributed by atoms with Gasteiger partial charge in [-0.2, -0.15) is 0 Å². The van der Waals surface area contributed by atoms with E-state index in [1.54, 1.807) is 0 Å². The Kier molecular flexibility index (Phi) is 4.17. The maximum atomic E-state index is 2.69. The van der Waals surface area contributed by atoms with E-state index in [-0.39, 0.29) is 0 Å². The van der Waals surface area contributed by atoms with Crippen molar-refractivity contribution in [3.63, 3.8) is 0 Å². The molecule has 2 rings (SSSR count). The lowest BCUT2D eigenvalue weighted by molar-refractivity contribution is -0.126. The van der Waals surface area contributed by atoms with Gasteiger partial charge in [0.1, 0.15) is 0 Å². The molecule has 2 aliphatic carbocycles. The third-order valence-electron chi connectivity index (χ3n) is 10.1. The van der Waals surface area contributed by atoms with Crippen LogP contribution >= 0.6 is 0 Å². The van der Waals surface area contributed by atoms with Crippen LogP contribution in [0.15, 0.2) is 0 Å². The van der Waals surface area contributed by atoms with Crippen molar-refractivity contribution in [2.75, 3.05) is 0 Å². The molecule has 0 heterocycles. The van der Waals surface area contributed by atoms with Crippen molar-refractivity contribution >= 4 is 0 Å². The lowest BCUT2D eigenvalue weighted by Crippen LogP contribution is -2.54. The van der Waals surface area contributed by atoms with Crippen LogP contribution in [-0.4, -0.2) is 0 Å². The largest absolute Gasteiger partial charge is 0.0654 e. The van der Waals surface area contributed by atoms with Gasteiger partial charge in [-0.1, -0.05) is 75.7 Å². The van der Waals surface area contributed by atoms with E-state index in [1.165, 1.54) is 32.1 Å². The quantitative estimate of drug-likeness (QED) is 0.499. The highest BCUT2D eigenvalue weighted by Crippen LogP contribution is 2.86. The summed E-state index contributed by atoms with van der Waals surface area (Å²) >= 11 is 0. The van der Waals surface area contributed by atoms with Gasteiger partial charge in [-0.05, 0) is 64.6 Å². The summed E-state index contributed by atoms with van der Waals surface area (Å²) in [6.45, 7) is 25.6. The summed E-state index contributed by atoms with van der Waals surface area (Å²) in [5, 5.41) is 0. The van der Waals surface area contributed by atoms with E-state index in [2.05, 4.69) is 69.2 Å². The van der Waals surface area contributed by atoms with Gasteiger partial charge in [0.05, 0.1) is 0 Å². The van der Waals surface area contributed by atoms with E-state index in [4.69, 9.17) is 0 Å². The molecule has 0 aliphatic heterocycles. The van der Waals surface area contributed by atoms with Crippen LogP contribution in [0.2, 0.25) is 0 Å². The zero-order chi connectivity index (χ0) is 17.2. The van der Waals surface area contributed by atoms with E-state index in [0.29, 0.717) is 27.1 Å². The number of hydrogen-bond acceptors (Lipinski definition) is 0. The zero-order valence-corrected chi connectivity index (χ0v) is 17.2. The summed E-state index contributed by atoms with van der Waals surface area (Å²) in [7, 11) is 0. The third kappa shape index (κ3) is 1.56. The first kappa shape index (κ1) is 18.3. The molecule has 0 spiro atoms. The predicted molar refractivity (Wildman–Crippen MR) is 99.0 cm³/mol. The Morgan fingerprint density at radius 3 is 1.82 bits per heavy atom. The summed E-state index contributed by atoms with van der Waals surface area (Å²) in [5.74, 6) is 1.77. The van der Waals surface area contributed by atoms with E-state index in [0.717, 1.165) is 11.8 Å². The normalized spacial score (nSPS) is 42.8. The molecule has 0 bridgehead atoms. The Hall–Kier alpha value is 0. The molecule has 130 valence electrons. The van der Waals surface area contributed by atoms with Crippen LogP contribution in [0.1, 0.15) is 101 Å². The van der Waals surface area contributed by atoms with Crippen molar-refractivity contribution in [3.05, 3.63) is 0 Å². The van der Waals surface area contributed by atoms with Crippen molar-refractivity contribution in [2.45, 2.75) is 101 Å². The molecular weight excluding hydrogens is 264 g/mol. The van der Waals surface area contributed by atoms with Gasteiger partial charge >= 0.3 is 0 Å². The number of hydrogen-bond donors (Lipinski definition) is 0. The van der Waals surface area contributed by atoms with Crippen LogP contribution in [0, 0.1) is 38.9 Å². The van der Waals surface area contributed by atoms with Gasteiger partial charge in [-0.25, -0.2) is 0 Å². The highest BCUT2D eigenvalue weighted by atomic mass is 14.8. The molecule has 0 aromatic heterocycles. The average molecular weight is 307 g/mol. The van der Waals surface area contributed by atoms with Crippen molar-refractivity contribution in [2.24, 2.45) is 38.9 Å². The van der Waals surface area contributed by atoms with E-state index >= 15 is 0 Å². The van der Waals surface area contributed by atoms with Crippen LogP contribution in [0.3, 0.4) is 0 Å². The zero-order valence-electron chi connectivity index (χ0n) is 17.2. The second-order valence-electron chi connectivity index (χ2n) is 10.2. The summed E-state index contributed by atoms with van der Waals surface area (Å²) in [4.78, 5) is 0. The lowest BCUT2D eigenvalue weighted by Gasteiger charge is -2.61. The molecule has 4 atom stereocenters. The topological polar surface area (TPSA) is 0 Å². The smallest absolute Gasteiger partial charge is 0.0179 e. The van der Waals surface area contributed by atoms with Gasteiger partial charge in [-0.15, -0.1) is 0 Å². The maximum absolute atomic E-state index is 2.69. The fraction of sp³-hybridized carbons (Fsp3) is 1.00. The average Bonchev–Trinajstić information content (AvgIpc) is 2.52. The first-order chi connectivity index (χ1) is 9.94. The highest BCUT2D eigenvalue weighted by molar-refractivity contribution is 5.27. The standard InChI is InChI=1S/C22H42/c1-11-14-18(5,6)21(10)17-15-16(4)20(17,9)19(7,8)22(21,12-2)13-3/h16-17H,11-15H2,1-10H3. The van der Waals surface area contributed by atoms with Gasteiger partial charge in [0, 0.05) is 0 Å². The van der Waals surface area contributed by atoms with E-state index in [9.17, 15) is 0 Å². The Balaban J connectivity index is 2.72. The van der Waals surface area contributed by atoms with E-state index in [1.807, 2.05) is 0 Å². The fourth-order valence-corrected chi connectivity index (χ4v) is 8.28. The van der Waals surface area contributed by atoms with Gasteiger partial charge in [0.2, 0.25) is 0 Å².